The highest BCUT2D eigenvalue weighted by Crippen LogP contribution is 2.12. The third kappa shape index (κ3) is 5.39. The van der Waals surface area contributed by atoms with E-state index in [4.69, 9.17) is 5.11 Å². The summed E-state index contributed by atoms with van der Waals surface area (Å²) in [5.41, 5.74) is 2.78. The topological polar surface area (TPSA) is 82.5 Å². The molecule has 2 rings (SSSR count). The molecule has 0 bridgehead atoms. The first-order valence-corrected chi connectivity index (χ1v) is 8.10. The number of rotatable bonds is 7. The van der Waals surface area contributed by atoms with Crippen molar-refractivity contribution < 1.29 is 14.7 Å². The Labute approximate surface area is 147 Å². The number of hydrogen-bond acceptors (Lipinski definition) is 4. The fourth-order valence-corrected chi connectivity index (χ4v) is 2.48. The zero-order valence-corrected chi connectivity index (χ0v) is 14.7. The summed E-state index contributed by atoms with van der Waals surface area (Å²) in [5.74, 6) is -1.21. The monoisotopic (exact) mass is 341 g/mol. The zero-order valence-electron chi connectivity index (χ0n) is 14.7. The molecule has 1 atom stereocenters. The molecule has 1 aromatic carbocycles. The molecule has 1 amide bonds. The number of amides is 1. The summed E-state index contributed by atoms with van der Waals surface area (Å²) in [4.78, 5) is 29.5. The minimum atomic E-state index is -1.02. The highest BCUT2D eigenvalue weighted by atomic mass is 16.4. The van der Waals surface area contributed by atoms with Gasteiger partial charge in [-0.15, -0.1) is 0 Å². The molecular formula is C19H23N3O3. The zero-order chi connectivity index (χ0) is 18.4. The molecule has 2 N–H and O–H groups in total. The normalized spacial score (nSPS) is 12.0. The van der Waals surface area contributed by atoms with Gasteiger partial charge in [0.1, 0.15) is 0 Å². The molecule has 1 aromatic heterocycles. The van der Waals surface area contributed by atoms with Crippen LogP contribution in [0.5, 0.6) is 0 Å². The van der Waals surface area contributed by atoms with Crippen LogP contribution in [0.25, 0.3) is 0 Å². The maximum Gasteiger partial charge on any atom is 0.335 e. The van der Waals surface area contributed by atoms with E-state index in [1.807, 2.05) is 37.9 Å². The quantitative estimate of drug-likeness (QED) is 0.809. The van der Waals surface area contributed by atoms with Crippen molar-refractivity contribution in [2.24, 2.45) is 0 Å². The van der Waals surface area contributed by atoms with Crippen molar-refractivity contribution in [1.82, 2.24) is 9.88 Å². The summed E-state index contributed by atoms with van der Waals surface area (Å²) < 4.78 is 0. The van der Waals surface area contributed by atoms with E-state index in [0.717, 1.165) is 17.7 Å². The molecule has 0 unspecified atom stereocenters. The van der Waals surface area contributed by atoms with Gasteiger partial charge in [0.15, 0.2) is 0 Å². The standard InChI is InChI=1S/C19H23N3O3/c1-13-6-5-9-20-17(13)10-14(2)22(3)12-18(23)21-16-8-4-7-15(11-16)19(24)25/h4-9,11,14H,10,12H2,1-3H3,(H,21,23)(H,24,25)/t14-/m0/s1. The van der Waals surface area contributed by atoms with Gasteiger partial charge in [0.05, 0.1) is 12.1 Å². The molecule has 1 heterocycles. The summed E-state index contributed by atoms with van der Waals surface area (Å²) in [7, 11) is 1.89. The molecule has 0 aliphatic rings. The number of anilines is 1. The number of aryl methyl sites for hydroxylation is 1. The Morgan fingerprint density at radius 1 is 1.28 bits per heavy atom. The van der Waals surface area contributed by atoms with Crippen LogP contribution in [0, 0.1) is 6.92 Å². The lowest BCUT2D eigenvalue weighted by atomic mass is 10.1. The summed E-state index contributed by atoms with van der Waals surface area (Å²) >= 11 is 0. The van der Waals surface area contributed by atoms with Crippen LogP contribution >= 0.6 is 0 Å². The molecule has 0 spiro atoms. The number of carbonyl (C=O) groups is 2. The molecule has 132 valence electrons. The number of carbonyl (C=O) groups excluding carboxylic acids is 1. The van der Waals surface area contributed by atoms with Gasteiger partial charge in [-0.1, -0.05) is 12.1 Å². The van der Waals surface area contributed by atoms with Crippen LogP contribution < -0.4 is 5.32 Å². The number of benzene rings is 1. The molecule has 0 fully saturated rings. The van der Waals surface area contributed by atoms with Crippen molar-refractivity contribution in [3.63, 3.8) is 0 Å². The van der Waals surface area contributed by atoms with E-state index in [9.17, 15) is 9.59 Å². The molecule has 0 saturated heterocycles. The first-order chi connectivity index (χ1) is 11.9. The minimum absolute atomic E-state index is 0.143. The summed E-state index contributed by atoms with van der Waals surface area (Å²) in [5, 5.41) is 11.7. The molecule has 0 aliphatic carbocycles. The Morgan fingerprint density at radius 3 is 2.72 bits per heavy atom. The Kier molecular flexibility index (Phi) is 6.25. The molecule has 6 nitrogen and oxygen atoms in total. The fourth-order valence-electron chi connectivity index (χ4n) is 2.48. The van der Waals surface area contributed by atoms with Crippen LogP contribution in [0.2, 0.25) is 0 Å². The number of pyridine rings is 1. The SMILES string of the molecule is Cc1cccnc1C[C@H](C)N(C)CC(=O)Nc1cccc(C(=O)O)c1. The minimum Gasteiger partial charge on any atom is -0.478 e. The van der Waals surface area contributed by atoms with Gasteiger partial charge in [-0.05, 0) is 50.7 Å². The van der Waals surface area contributed by atoms with Gasteiger partial charge < -0.3 is 10.4 Å². The number of aromatic carboxylic acids is 1. The van der Waals surface area contributed by atoms with Crippen molar-refractivity contribution in [3.8, 4) is 0 Å². The third-order valence-electron chi connectivity index (χ3n) is 4.15. The van der Waals surface area contributed by atoms with E-state index in [-0.39, 0.29) is 24.1 Å². The van der Waals surface area contributed by atoms with E-state index in [0.29, 0.717) is 5.69 Å². The lowest BCUT2D eigenvalue weighted by Gasteiger charge is -2.24. The van der Waals surface area contributed by atoms with E-state index < -0.39 is 5.97 Å². The summed E-state index contributed by atoms with van der Waals surface area (Å²) in [6.07, 6.45) is 2.53. The van der Waals surface area contributed by atoms with Crippen molar-refractivity contribution in [2.45, 2.75) is 26.3 Å². The van der Waals surface area contributed by atoms with Crippen LogP contribution in [0.1, 0.15) is 28.5 Å². The predicted molar refractivity (Wildman–Crippen MR) is 96.8 cm³/mol. The molecular weight excluding hydrogens is 318 g/mol. The number of carboxylic acid groups (broad SMARTS) is 1. The number of likely N-dealkylation sites (N-methyl/N-ethyl adjacent to an activating group) is 1. The van der Waals surface area contributed by atoms with Crippen LogP contribution in [0.3, 0.4) is 0 Å². The van der Waals surface area contributed by atoms with Crippen LogP contribution in [-0.2, 0) is 11.2 Å². The van der Waals surface area contributed by atoms with Gasteiger partial charge >= 0.3 is 5.97 Å². The molecule has 2 aromatic rings. The average molecular weight is 341 g/mol. The largest absolute Gasteiger partial charge is 0.478 e. The maximum atomic E-state index is 12.2. The lowest BCUT2D eigenvalue weighted by Crippen LogP contribution is -2.37. The number of carboxylic acids is 1. The summed E-state index contributed by atoms with van der Waals surface area (Å²) in [6.45, 7) is 4.29. The maximum absolute atomic E-state index is 12.2. The van der Waals surface area contributed by atoms with E-state index >= 15 is 0 Å². The van der Waals surface area contributed by atoms with Gasteiger partial charge in [-0.3, -0.25) is 14.7 Å². The van der Waals surface area contributed by atoms with Gasteiger partial charge in [0.25, 0.3) is 0 Å². The molecule has 0 radical (unpaired) electrons. The Bertz CT molecular complexity index is 761. The predicted octanol–water partition coefficient (Wildman–Crippen LogP) is 2.59. The lowest BCUT2D eigenvalue weighted by molar-refractivity contribution is -0.117. The molecule has 0 saturated carbocycles. The number of aromatic nitrogens is 1. The number of hydrogen-bond donors (Lipinski definition) is 2. The second-order valence-electron chi connectivity index (χ2n) is 6.17. The third-order valence-corrected chi connectivity index (χ3v) is 4.15. The Morgan fingerprint density at radius 2 is 2.04 bits per heavy atom. The highest BCUT2D eigenvalue weighted by Gasteiger charge is 2.15. The first kappa shape index (κ1) is 18.6. The fraction of sp³-hybridized carbons (Fsp3) is 0.316. The van der Waals surface area contributed by atoms with Gasteiger partial charge in [-0.25, -0.2) is 4.79 Å². The second kappa shape index (κ2) is 8.39. The van der Waals surface area contributed by atoms with Gasteiger partial charge in [0.2, 0.25) is 5.91 Å². The van der Waals surface area contributed by atoms with E-state index in [1.165, 1.54) is 12.1 Å². The second-order valence-corrected chi connectivity index (χ2v) is 6.17. The Balaban J connectivity index is 1.92. The van der Waals surface area contributed by atoms with E-state index in [2.05, 4.69) is 10.3 Å². The van der Waals surface area contributed by atoms with Crippen molar-refractivity contribution in [2.75, 3.05) is 18.9 Å². The van der Waals surface area contributed by atoms with E-state index in [1.54, 1.807) is 18.3 Å². The smallest absolute Gasteiger partial charge is 0.335 e. The van der Waals surface area contributed by atoms with Gasteiger partial charge in [-0.2, -0.15) is 0 Å². The van der Waals surface area contributed by atoms with Crippen LogP contribution in [0.4, 0.5) is 5.69 Å². The average Bonchev–Trinajstić information content (AvgIpc) is 2.56. The van der Waals surface area contributed by atoms with Gasteiger partial charge in [0, 0.05) is 30.0 Å². The van der Waals surface area contributed by atoms with Crippen molar-refractivity contribution in [1.29, 1.82) is 0 Å². The molecule has 6 heteroatoms. The highest BCUT2D eigenvalue weighted by molar-refractivity contribution is 5.94. The van der Waals surface area contributed by atoms with Crippen LogP contribution in [-0.4, -0.2) is 46.5 Å². The molecule has 25 heavy (non-hydrogen) atoms. The van der Waals surface area contributed by atoms with Crippen LogP contribution in [0.15, 0.2) is 42.6 Å². The number of nitrogens with zero attached hydrogens (tertiary/aromatic N) is 2. The number of nitrogens with one attached hydrogen (secondary N) is 1. The Hall–Kier alpha value is -2.73. The first-order valence-electron chi connectivity index (χ1n) is 8.10. The van der Waals surface area contributed by atoms with Crippen molar-refractivity contribution >= 4 is 17.6 Å². The summed E-state index contributed by atoms with van der Waals surface area (Å²) in [6, 6.07) is 10.3. The van der Waals surface area contributed by atoms with Crippen molar-refractivity contribution in [3.05, 3.63) is 59.4 Å². The molecule has 0 aliphatic heterocycles.